The molecule has 0 heterocycles. The van der Waals surface area contributed by atoms with Crippen molar-refractivity contribution >= 4 is 5.97 Å². The van der Waals surface area contributed by atoms with Crippen LogP contribution in [-0.4, -0.2) is 23.8 Å². The minimum Gasteiger partial charge on any atom is -0.449 e. The molecule has 0 aromatic carbocycles. The first-order valence-electron chi connectivity index (χ1n) is 6.97. The summed E-state index contributed by atoms with van der Waals surface area (Å²) >= 11 is 0. The number of ether oxygens (including phenoxy) is 1. The maximum atomic E-state index is 11.0. The summed E-state index contributed by atoms with van der Waals surface area (Å²) in [5.74, 6) is 5.78. The van der Waals surface area contributed by atoms with Gasteiger partial charge in [-0.25, -0.2) is 0 Å². The predicted molar refractivity (Wildman–Crippen MR) is 73.0 cm³/mol. The van der Waals surface area contributed by atoms with E-state index in [-0.39, 0.29) is 18.7 Å². The van der Waals surface area contributed by atoms with E-state index < -0.39 is 0 Å². The van der Waals surface area contributed by atoms with Crippen LogP contribution in [0.3, 0.4) is 0 Å². The predicted octanol–water partition coefficient (Wildman–Crippen LogP) is 3.05. The normalized spacial score (nSPS) is 11.5. The van der Waals surface area contributed by atoms with E-state index in [9.17, 15) is 4.79 Å². The molecule has 3 heteroatoms. The van der Waals surface area contributed by atoms with E-state index in [2.05, 4.69) is 18.8 Å². The standard InChI is InChI=1S/C15H26O3/c1-3-4-5-8-11-15(18-14(2)17)12-9-6-7-10-13-16/h15-16H,3-8,10-11,13H2,1-2H3. The lowest BCUT2D eigenvalue weighted by Crippen LogP contribution is -2.14. The number of rotatable bonds is 9. The lowest BCUT2D eigenvalue weighted by molar-refractivity contribution is -0.144. The Kier molecular flexibility index (Phi) is 11.7. The quantitative estimate of drug-likeness (QED) is 0.391. The highest BCUT2D eigenvalue weighted by atomic mass is 16.5. The zero-order valence-corrected chi connectivity index (χ0v) is 11.7. The lowest BCUT2D eigenvalue weighted by atomic mass is 10.1. The Bertz CT molecular complexity index is 263. The minimum atomic E-state index is -0.264. The Balaban J connectivity index is 3.93. The van der Waals surface area contributed by atoms with Gasteiger partial charge in [-0.2, -0.15) is 0 Å². The van der Waals surface area contributed by atoms with E-state index in [0.29, 0.717) is 0 Å². The van der Waals surface area contributed by atoms with Gasteiger partial charge in [0.15, 0.2) is 6.10 Å². The molecule has 3 nitrogen and oxygen atoms in total. The molecule has 1 N–H and O–H groups in total. The van der Waals surface area contributed by atoms with Gasteiger partial charge >= 0.3 is 5.97 Å². The highest BCUT2D eigenvalue weighted by Crippen LogP contribution is 2.08. The van der Waals surface area contributed by atoms with Crippen molar-refractivity contribution in [1.82, 2.24) is 0 Å². The van der Waals surface area contributed by atoms with Crippen LogP contribution in [0.1, 0.15) is 65.2 Å². The molecule has 0 aromatic rings. The number of aliphatic hydroxyl groups excluding tert-OH is 1. The van der Waals surface area contributed by atoms with Crippen molar-refractivity contribution in [3.05, 3.63) is 0 Å². The second-order valence-electron chi connectivity index (χ2n) is 4.45. The fourth-order valence-corrected chi connectivity index (χ4v) is 1.63. The SMILES string of the molecule is CCCCCCC(C#CCCCCO)OC(C)=O. The van der Waals surface area contributed by atoms with Gasteiger partial charge in [0.2, 0.25) is 0 Å². The summed E-state index contributed by atoms with van der Waals surface area (Å²) in [7, 11) is 0. The van der Waals surface area contributed by atoms with Crippen molar-refractivity contribution < 1.29 is 14.6 Å². The number of hydrogen-bond acceptors (Lipinski definition) is 3. The second-order valence-corrected chi connectivity index (χ2v) is 4.45. The van der Waals surface area contributed by atoms with Gasteiger partial charge in [0.05, 0.1) is 0 Å². The number of aliphatic hydroxyl groups is 1. The highest BCUT2D eigenvalue weighted by Gasteiger charge is 2.07. The van der Waals surface area contributed by atoms with Gasteiger partial charge in [-0.3, -0.25) is 4.79 Å². The number of esters is 1. The average Bonchev–Trinajstić information content (AvgIpc) is 2.33. The van der Waals surface area contributed by atoms with E-state index in [1.165, 1.54) is 26.2 Å². The summed E-state index contributed by atoms with van der Waals surface area (Å²) in [6.45, 7) is 3.81. The third-order valence-corrected chi connectivity index (χ3v) is 2.60. The average molecular weight is 254 g/mol. The summed E-state index contributed by atoms with van der Waals surface area (Å²) in [6, 6.07) is 0. The van der Waals surface area contributed by atoms with Crippen molar-refractivity contribution in [2.24, 2.45) is 0 Å². The van der Waals surface area contributed by atoms with Crippen LogP contribution in [0, 0.1) is 11.8 Å². The van der Waals surface area contributed by atoms with Crippen LogP contribution in [0.4, 0.5) is 0 Å². The monoisotopic (exact) mass is 254 g/mol. The van der Waals surface area contributed by atoms with Gasteiger partial charge in [0.25, 0.3) is 0 Å². The molecule has 0 aromatic heterocycles. The largest absolute Gasteiger partial charge is 0.449 e. The summed E-state index contributed by atoms with van der Waals surface area (Å²) in [5.41, 5.74) is 0. The summed E-state index contributed by atoms with van der Waals surface area (Å²) in [6.07, 6.45) is 7.64. The summed E-state index contributed by atoms with van der Waals surface area (Å²) in [5, 5.41) is 8.64. The van der Waals surface area contributed by atoms with E-state index in [0.717, 1.165) is 32.1 Å². The van der Waals surface area contributed by atoms with Crippen LogP contribution >= 0.6 is 0 Å². The van der Waals surface area contributed by atoms with E-state index in [4.69, 9.17) is 9.84 Å². The Morgan fingerprint density at radius 2 is 2.00 bits per heavy atom. The van der Waals surface area contributed by atoms with Crippen LogP contribution in [0.15, 0.2) is 0 Å². The van der Waals surface area contributed by atoms with E-state index in [1.807, 2.05) is 0 Å². The van der Waals surface area contributed by atoms with E-state index >= 15 is 0 Å². The van der Waals surface area contributed by atoms with Crippen LogP contribution in [0.2, 0.25) is 0 Å². The van der Waals surface area contributed by atoms with Gasteiger partial charge < -0.3 is 9.84 Å². The Labute approximate surface area is 111 Å². The van der Waals surface area contributed by atoms with Crippen molar-refractivity contribution in [2.75, 3.05) is 6.61 Å². The topological polar surface area (TPSA) is 46.5 Å². The lowest BCUT2D eigenvalue weighted by Gasteiger charge is -2.10. The Morgan fingerprint density at radius 1 is 1.22 bits per heavy atom. The molecule has 18 heavy (non-hydrogen) atoms. The smallest absolute Gasteiger partial charge is 0.303 e. The third kappa shape index (κ3) is 11.5. The van der Waals surface area contributed by atoms with Gasteiger partial charge in [-0.1, -0.05) is 38.0 Å². The van der Waals surface area contributed by atoms with Gasteiger partial charge in [0, 0.05) is 20.0 Å². The molecule has 0 aliphatic heterocycles. The van der Waals surface area contributed by atoms with Gasteiger partial charge in [0.1, 0.15) is 0 Å². The number of carbonyl (C=O) groups excluding carboxylic acids is 1. The molecule has 0 radical (unpaired) electrons. The van der Waals surface area contributed by atoms with Crippen LogP contribution in [-0.2, 0) is 9.53 Å². The first-order chi connectivity index (χ1) is 8.70. The summed E-state index contributed by atoms with van der Waals surface area (Å²) in [4.78, 5) is 11.0. The van der Waals surface area contributed by atoms with Crippen molar-refractivity contribution in [3.63, 3.8) is 0 Å². The second kappa shape index (κ2) is 12.4. The maximum absolute atomic E-state index is 11.0. The molecule has 1 unspecified atom stereocenters. The molecule has 0 aliphatic rings. The van der Waals surface area contributed by atoms with Gasteiger partial charge in [-0.05, 0) is 25.7 Å². The van der Waals surface area contributed by atoms with Crippen LogP contribution < -0.4 is 0 Å². The molecule has 1 atom stereocenters. The molecule has 0 spiro atoms. The highest BCUT2D eigenvalue weighted by molar-refractivity contribution is 5.66. The molecule has 104 valence electrons. The van der Waals surface area contributed by atoms with Crippen LogP contribution in [0.25, 0.3) is 0 Å². The fourth-order valence-electron chi connectivity index (χ4n) is 1.63. The molecule has 0 rings (SSSR count). The fraction of sp³-hybridized carbons (Fsp3) is 0.800. The number of hydrogen-bond donors (Lipinski definition) is 1. The first kappa shape index (κ1) is 17.0. The van der Waals surface area contributed by atoms with Crippen molar-refractivity contribution in [3.8, 4) is 11.8 Å². The minimum absolute atomic E-state index is 0.214. The number of carbonyl (C=O) groups is 1. The third-order valence-electron chi connectivity index (χ3n) is 2.60. The Morgan fingerprint density at radius 3 is 2.61 bits per heavy atom. The molecular weight excluding hydrogens is 228 g/mol. The molecule has 0 aliphatic carbocycles. The van der Waals surface area contributed by atoms with Gasteiger partial charge in [-0.15, -0.1) is 0 Å². The molecule has 0 amide bonds. The number of unbranched alkanes of at least 4 members (excludes halogenated alkanes) is 5. The molecule has 0 saturated heterocycles. The first-order valence-corrected chi connectivity index (χ1v) is 6.97. The van der Waals surface area contributed by atoms with E-state index in [1.54, 1.807) is 0 Å². The zero-order valence-electron chi connectivity index (χ0n) is 11.7. The Hall–Kier alpha value is -1.01. The maximum Gasteiger partial charge on any atom is 0.303 e. The molecule has 0 saturated carbocycles. The van der Waals surface area contributed by atoms with Crippen molar-refractivity contribution in [2.45, 2.75) is 71.3 Å². The zero-order chi connectivity index (χ0) is 13.6. The molecule has 0 bridgehead atoms. The van der Waals surface area contributed by atoms with Crippen molar-refractivity contribution in [1.29, 1.82) is 0 Å². The molecular formula is C15H26O3. The van der Waals surface area contributed by atoms with Crippen LogP contribution in [0.5, 0.6) is 0 Å². The molecule has 0 fully saturated rings. The summed E-state index contributed by atoms with van der Waals surface area (Å²) < 4.78 is 5.18.